The number of urea groups is 1. The van der Waals surface area contributed by atoms with Crippen molar-refractivity contribution < 1.29 is 14.0 Å². The summed E-state index contributed by atoms with van der Waals surface area (Å²) in [7, 11) is 0. The predicted molar refractivity (Wildman–Crippen MR) is 104 cm³/mol. The van der Waals surface area contributed by atoms with Crippen molar-refractivity contribution in [2.75, 3.05) is 0 Å². The van der Waals surface area contributed by atoms with Gasteiger partial charge in [0.05, 0.1) is 17.3 Å². The van der Waals surface area contributed by atoms with Crippen molar-refractivity contribution in [3.05, 3.63) is 80.1 Å². The molecule has 148 valence electrons. The first-order valence-corrected chi connectivity index (χ1v) is 9.22. The quantitative estimate of drug-likeness (QED) is 0.641. The Bertz CT molecular complexity index is 1250. The van der Waals surface area contributed by atoms with E-state index in [-0.39, 0.29) is 22.8 Å². The predicted octanol–water partition coefficient (Wildman–Crippen LogP) is 3.11. The molecule has 3 amide bonds. The molecule has 0 spiro atoms. The van der Waals surface area contributed by atoms with Gasteiger partial charge in [0.1, 0.15) is 17.0 Å². The van der Waals surface area contributed by atoms with Gasteiger partial charge in [0.25, 0.3) is 11.5 Å². The highest BCUT2D eigenvalue weighted by Crippen LogP contribution is 2.34. The number of benzene rings is 1. The molecule has 3 aromatic rings. The molecule has 0 radical (unpaired) electrons. The van der Waals surface area contributed by atoms with Gasteiger partial charge >= 0.3 is 6.03 Å². The van der Waals surface area contributed by atoms with Gasteiger partial charge in [-0.1, -0.05) is 29.3 Å². The van der Waals surface area contributed by atoms with Gasteiger partial charge < -0.3 is 5.32 Å². The maximum absolute atomic E-state index is 13.4. The fraction of sp³-hybridized carbons (Fsp3) is 0.158. The number of aromatic nitrogens is 2. The minimum atomic E-state index is -1.47. The highest BCUT2D eigenvalue weighted by molar-refractivity contribution is 6.32. The zero-order chi connectivity index (χ0) is 20.9. The normalized spacial score (nSPS) is 19.1. The summed E-state index contributed by atoms with van der Waals surface area (Å²) in [6, 6.07) is 7.27. The second-order valence-electron chi connectivity index (χ2n) is 6.73. The van der Waals surface area contributed by atoms with Crippen molar-refractivity contribution in [1.82, 2.24) is 19.6 Å². The molecule has 2 aromatic heterocycles. The summed E-state index contributed by atoms with van der Waals surface area (Å²) in [5, 5.41) is 2.97. The van der Waals surface area contributed by atoms with Crippen LogP contribution in [0.2, 0.25) is 10.0 Å². The van der Waals surface area contributed by atoms with E-state index in [9.17, 15) is 18.8 Å². The summed E-state index contributed by atoms with van der Waals surface area (Å²) in [6.07, 6.45) is 1.43. The third-order valence-electron chi connectivity index (χ3n) is 4.74. The van der Waals surface area contributed by atoms with Crippen LogP contribution in [0.5, 0.6) is 0 Å². The van der Waals surface area contributed by atoms with Crippen LogP contribution < -0.4 is 10.9 Å². The highest BCUT2D eigenvalue weighted by atomic mass is 35.5. The summed E-state index contributed by atoms with van der Waals surface area (Å²) in [4.78, 5) is 43.1. The number of fused-ring (bicyclic) bond motifs is 1. The van der Waals surface area contributed by atoms with Gasteiger partial charge in [-0.2, -0.15) is 0 Å². The standard InChI is InChI=1S/C19H13Cl2FN4O3/c1-19(13-4-3-11(22)6-14(13)21)17(28)26(18(29)24-19)9-12-7-16(27)25-8-10(20)2-5-15(25)23-12/h2-8H,9H2,1H3,(H,24,29). The minimum Gasteiger partial charge on any atom is -0.319 e. The van der Waals surface area contributed by atoms with Crippen molar-refractivity contribution in [2.45, 2.75) is 19.0 Å². The fourth-order valence-corrected chi connectivity index (χ4v) is 3.80. The molecule has 1 saturated heterocycles. The first-order chi connectivity index (χ1) is 13.7. The molecule has 0 saturated carbocycles. The number of rotatable bonds is 3. The molecule has 1 aromatic carbocycles. The van der Waals surface area contributed by atoms with E-state index in [0.29, 0.717) is 10.7 Å². The Morgan fingerprint density at radius 2 is 1.90 bits per heavy atom. The molecule has 0 aliphatic carbocycles. The third-order valence-corrected chi connectivity index (χ3v) is 5.28. The van der Waals surface area contributed by atoms with Gasteiger partial charge in [0.15, 0.2) is 0 Å². The second kappa shape index (κ2) is 6.82. The summed E-state index contributed by atoms with van der Waals surface area (Å²) in [5.41, 5.74) is -1.04. The summed E-state index contributed by atoms with van der Waals surface area (Å²) >= 11 is 12.0. The van der Waals surface area contributed by atoms with Crippen LogP contribution in [-0.2, 0) is 16.9 Å². The molecule has 1 fully saturated rings. The zero-order valence-corrected chi connectivity index (χ0v) is 16.5. The van der Waals surface area contributed by atoms with Crippen LogP contribution in [-0.4, -0.2) is 26.2 Å². The SMILES string of the molecule is CC1(c2ccc(F)cc2Cl)NC(=O)N(Cc2cc(=O)n3cc(Cl)ccc3n2)C1=O. The fourth-order valence-electron chi connectivity index (χ4n) is 3.29. The van der Waals surface area contributed by atoms with Crippen molar-refractivity contribution in [2.24, 2.45) is 0 Å². The van der Waals surface area contributed by atoms with Crippen molar-refractivity contribution in [1.29, 1.82) is 0 Å². The molecule has 1 N–H and O–H groups in total. The lowest BCUT2D eigenvalue weighted by Crippen LogP contribution is -2.41. The number of halogens is 3. The van der Waals surface area contributed by atoms with Gasteiger partial charge in [-0.25, -0.2) is 14.2 Å². The molecule has 1 unspecified atom stereocenters. The number of pyridine rings is 1. The molecule has 1 aliphatic rings. The van der Waals surface area contributed by atoms with Crippen LogP contribution in [0, 0.1) is 5.82 Å². The van der Waals surface area contributed by atoms with E-state index >= 15 is 0 Å². The van der Waals surface area contributed by atoms with Crippen LogP contribution in [0.4, 0.5) is 9.18 Å². The van der Waals surface area contributed by atoms with E-state index in [4.69, 9.17) is 23.2 Å². The average Bonchev–Trinajstić information content (AvgIpc) is 2.86. The maximum Gasteiger partial charge on any atom is 0.325 e. The molecule has 7 nitrogen and oxygen atoms in total. The number of nitrogens with zero attached hydrogens (tertiary/aromatic N) is 3. The number of carbonyl (C=O) groups is 2. The van der Waals surface area contributed by atoms with E-state index in [2.05, 4.69) is 10.3 Å². The number of hydrogen-bond donors (Lipinski definition) is 1. The Labute approximate surface area is 173 Å². The van der Waals surface area contributed by atoms with Crippen LogP contribution in [0.15, 0.2) is 47.4 Å². The first kappa shape index (κ1) is 19.4. The molecule has 1 aliphatic heterocycles. The van der Waals surface area contributed by atoms with Crippen LogP contribution in [0.1, 0.15) is 18.2 Å². The van der Waals surface area contributed by atoms with E-state index < -0.39 is 28.9 Å². The van der Waals surface area contributed by atoms with Gasteiger partial charge in [0, 0.05) is 22.8 Å². The smallest absolute Gasteiger partial charge is 0.319 e. The lowest BCUT2D eigenvalue weighted by Gasteiger charge is -2.23. The van der Waals surface area contributed by atoms with Gasteiger partial charge in [0.2, 0.25) is 0 Å². The molecule has 0 bridgehead atoms. The monoisotopic (exact) mass is 434 g/mol. The van der Waals surface area contributed by atoms with Gasteiger partial charge in [-0.3, -0.25) is 18.9 Å². The number of carbonyl (C=O) groups excluding carboxylic acids is 2. The van der Waals surface area contributed by atoms with Gasteiger partial charge in [-0.15, -0.1) is 0 Å². The lowest BCUT2D eigenvalue weighted by molar-refractivity contribution is -0.131. The molecule has 29 heavy (non-hydrogen) atoms. The number of imide groups is 1. The molecular weight excluding hydrogens is 422 g/mol. The third kappa shape index (κ3) is 3.24. The molecular formula is C19H13Cl2FN4O3. The number of nitrogens with one attached hydrogen (secondary N) is 1. The Morgan fingerprint density at radius 1 is 1.14 bits per heavy atom. The Kier molecular flexibility index (Phi) is 4.55. The average molecular weight is 435 g/mol. The second-order valence-corrected chi connectivity index (χ2v) is 7.58. The Balaban J connectivity index is 1.69. The summed E-state index contributed by atoms with van der Waals surface area (Å²) in [6.45, 7) is 1.27. The van der Waals surface area contributed by atoms with Crippen LogP contribution >= 0.6 is 23.2 Å². The Morgan fingerprint density at radius 3 is 2.62 bits per heavy atom. The van der Waals surface area contributed by atoms with Gasteiger partial charge in [-0.05, 0) is 31.2 Å². The van der Waals surface area contributed by atoms with Crippen LogP contribution in [0.25, 0.3) is 5.65 Å². The first-order valence-electron chi connectivity index (χ1n) is 8.46. The van der Waals surface area contributed by atoms with Crippen molar-refractivity contribution in [3.8, 4) is 0 Å². The minimum absolute atomic E-state index is 0.0157. The van der Waals surface area contributed by atoms with E-state index in [1.54, 1.807) is 12.1 Å². The van der Waals surface area contributed by atoms with Crippen LogP contribution in [0.3, 0.4) is 0 Å². The molecule has 3 heterocycles. The largest absolute Gasteiger partial charge is 0.325 e. The summed E-state index contributed by atoms with van der Waals surface area (Å²) in [5.74, 6) is -1.15. The molecule has 4 rings (SSSR count). The van der Waals surface area contributed by atoms with E-state index in [0.717, 1.165) is 17.0 Å². The zero-order valence-electron chi connectivity index (χ0n) is 14.9. The molecule has 10 heteroatoms. The summed E-state index contributed by atoms with van der Waals surface area (Å²) < 4.78 is 14.6. The van der Waals surface area contributed by atoms with E-state index in [1.807, 2.05) is 0 Å². The molecule has 1 atom stereocenters. The Hall–Kier alpha value is -2.97. The van der Waals surface area contributed by atoms with E-state index in [1.165, 1.54) is 29.7 Å². The van der Waals surface area contributed by atoms with Crippen molar-refractivity contribution in [3.63, 3.8) is 0 Å². The van der Waals surface area contributed by atoms with Crippen molar-refractivity contribution >= 4 is 40.8 Å². The highest BCUT2D eigenvalue weighted by Gasteiger charge is 2.50. The number of hydrogen-bond acceptors (Lipinski definition) is 4. The lowest BCUT2D eigenvalue weighted by atomic mass is 9.92. The number of amides is 3. The maximum atomic E-state index is 13.4. The topological polar surface area (TPSA) is 83.8 Å².